The van der Waals surface area contributed by atoms with E-state index in [1.165, 1.54) is 51.6 Å². The lowest BCUT2D eigenvalue weighted by atomic mass is 10.1. The maximum Gasteiger partial charge on any atom is 0.0223 e. The molecule has 2 unspecified atom stereocenters. The predicted molar refractivity (Wildman–Crippen MR) is 43.1 cm³/mol. The highest BCUT2D eigenvalue weighted by Crippen LogP contribution is 2.25. The Hall–Kier alpha value is -0.0400. The Kier molecular flexibility index (Phi) is 1.94. The molecule has 10 heavy (non-hydrogen) atoms. The maximum absolute atomic E-state index is 2.63. The van der Waals surface area contributed by atoms with Crippen LogP contribution in [0.5, 0.6) is 0 Å². The van der Waals surface area contributed by atoms with E-state index in [-0.39, 0.29) is 0 Å². The molecule has 0 aromatic carbocycles. The fourth-order valence-corrected chi connectivity index (χ4v) is 2.00. The Balaban J connectivity index is 1.77. The Morgan fingerprint density at radius 3 is 2.70 bits per heavy atom. The minimum absolute atomic E-state index is 1.01. The van der Waals surface area contributed by atoms with Gasteiger partial charge in [-0.1, -0.05) is 25.7 Å². The SMILES string of the molecule is C1CCCC2CN2CCC1. The molecule has 0 aliphatic carbocycles. The molecule has 0 aromatic rings. The lowest BCUT2D eigenvalue weighted by molar-refractivity contribution is 0.481. The second kappa shape index (κ2) is 2.91. The summed E-state index contributed by atoms with van der Waals surface area (Å²) in [7, 11) is 0. The van der Waals surface area contributed by atoms with Crippen LogP contribution in [0.25, 0.3) is 0 Å². The minimum atomic E-state index is 1.01. The van der Waals surface area contributed by atoms with Crippen molar-refractivity contribution in [2.75, 3.05) is 13.1 Å². The molecule has 2 heterocycles. The lowest BCUT2D eigenvalue weighted by Gasteiger charge is -1.98. The maximum atomic E-state index is 2.63. The van der Waals surface area contributed by atoms with Crippen LogP contribution in [0, 0.1) is 0 Å². The summed E-state index contributed by atoms with van der Waals surface area (Å²) in [6.45, 7) is 2.81. The van der Waals surface area contributed by atoms with Gasteiger partial charge in [-0.2, -0.15) is 0 Å². The van der Waals surface area contributed by atoms with E-state index in [9.17, 15) is 0 Å². The third-order valence-corrected chi connectivity index (χ3v) is 2.81. The Morgan fingerprint density at radius 2 is 1.70 bits per heavy atom. The van der Waals surface area contributed by atoms with Crippen LogP contribution >= 0.6 is 0 Å². The molecule has 2 aliphatic rings. The molecule has 2 aliphatic heterocycles. The largest absolute Gasteiger partial charge is 0.298 e. The van der Waals surface area contributed by atoms with Crippen molar-refractivity contribution in [1.29, 1.82) is 0 Å². The zero-order valence-corrected chi connectivity index (χ0v) is 6.68. The molecule has 0 saturated carbocycles. The van der Waals surface area contributed by atoms with Crippen LogP contribution in [-0.2, 0) is 0 Å². The zero-order valence-electron chi connectivity index (χ0n) is 6.68. The smallest absolute Gasteiger partial charge is 0.0223 e. The molecule has 0 aromatic heterocycles. The van der Waals surface area contributed by atoms with E-state index in [0.29, 0.717) is 0 Å². The summed E-state index contributed by atoms with van der Waals surface area (Å²) in [5, 5.41) is 0. The first-order chi connectivity index (χ1) is 4.97. The summed E-state index contributed by atoms with van der Waals surface area (Å²) >= 11 is 0. The monoisotopic (exact) mass is 139 g/mol. The average molecular weight is 139 g/mol. The molecule has 2 atom stereocenters. The molecule has 0 spiro atoms. The van der Waals surface area contributed by atoms with Gasteiger partial charge in [0.15, 0.2) is 0 Å². The molecule has 1 heteroatoms. The Bertz CT molecular complexity index is 99.3. The number of nitrogens with zero attached hydrogens (tertiary/aromatic N) is 1. The van der Waals surface area contributed by atoms with Crippen LogP contribution in [0.3, 0.4) is 0 Å². The summed E-state index contributed by atoms with van der Waals surface area (Å²) < 4.78 is 0. The Morgan fingerprint density at radius 1 is 0.900 bits per heavy atom. The van der Waals surface area contributed by atoms with E-state index >= 15 is 0 Å². The fraction of sp³-hybridized carbons (Fsp3) is 1.00. The highest BCUT2D eigenvalue weighted by Gasteiger charge is 2.32. The van der Waals surface area contributed by atoms with Gasteiger partial charge in [0.05, 0.1) is 0 Å². The molecule has 2 saturated heterocycles. The van der Waals surface area contributed by atoms with Gasteiger partial charge in [0, 0.05) is 12.6 Å². The van der Waals surface area contributed by atoms with Crippen molar-refractivity contribution in [2.24, 2.45) is 0 Å². The molecule has 0 amide bonds. The third kappa shape index (κ3) is 1.51. The van der Waals surface area contributed by atoms with Crippen molar-refractivity contribution >= 4 is 0 Å². The van der Waals surface area contributed by atoms with Crippen LogP contribution in [0.2, 0.25) is 0 Å². The van der Waals surface area contributed by atoms with Gasteiger partial charge in [0.1, 0.15) is 0 Å². The van der Waals surface area contributed by atoms with Crippen molar-refractivity contribution < 1.29 is 0 Å². The summed E-state index contributed by atoms with van der Waals surface area (Å²) in [5.74, 6) is 0. The lowest BCUT2D eigenvalue weighted by Crippen LogP contribution is -2.02. The third-order valence-electron chi connectivity index (χ3n) is 2.81. The van der Waals surface area contributed by atoms with Crippen LogP contribution in [0.1, 0.15) is 38.5 Å². The molecule has 2 fully saturated rings. The van der Waals surface area contributed by atoms with E-state index in [2.05, 4.69) is 4.90 Å². The van der Waals surface area contributed by atoms with Gasteiger partial charge in [-0.15, -0.1) is 0 Å². The summed E-state index contributed by atoms with van der Waals surface area (Å²) in [4.78, 5) is 2.63. The van der Waals surface area contributed by atoms with Gasteiger partial charge in [-0.05, 0) is 19.4 Å². The minimum Gasteiger partial charge on any atom is -0.298 e. The van der Waals surface area contributed by atoms with Gasteiger partial charge in [0.2, 0.25) is 0 Å². The fourth-order valence-electron chi connectivity index (χ4n) is 2.00. The standard InChI is InChI=1S/C9H17N/c1-2-4-6-9-8-10(9)7-5-3-1/h9H,1-8H2. The highest BCUT2D eigenvalue weighted by molar-refractivity contribution is 4.88. The van der Waals surface area contributed by atoms with Crippen molar-refractivity contribution in [3.05, 3.63) is 0 Å². The number of hydrogen-bond donors (Lipinski definition) is 0. The molecule has 0 N–H and O–H groups in total. The van der Waals surface area contributed by atoms with Crippen molar-refractivity contribution in [1.82, 2.24) is 4.90 Å². The van der Waals surface area contributed by atoms with Gasteiger partial charge < -0.3 is 0 Å². The second-order valence-electron chi connectivity index (χ2n) is 3.71. The molecule has 58 valence electrons. The van der Waals surface area contributed by atoms with Crippen LogP contribution in [0.15, 0.2) is 0 Å². The van der Waals surface area contributed by atoms with Crippen molar-refractivity contribution in [3.8, 4) is 0 Å². The van der Waals surface area contributed by atoms with E-state index in [4.69, 9.17) is 0 Å². The average Bonchev–Trinajstić information content (AvgIpc) is 2.66. The van der Waals surface area contributed by atoms with Gasteiger partial charge in [-0.25, -0.2) is 0 Å². The summed E-state index contributed by atoms with van der Waals surface area (Å²) in [6.07, 6.45) is 8.88. The van der Waals surface area contributed by atoms with E-state index in [0.717, 1.165) is 6.04 Å². The van der Waals surface area contributed by atoms with E-state index in [1.807, 2.05) is 0 Å². The molecular weight excluding hydrogens is 122 g/mol. The van der Waals surface area contributed by atoms with Gasteiger partial charge in [-0.3, -0.25) is 4.90 Å². The first-order valence-corrected chi connectivity index (χ1v) is 4.71. The quantitative estimate of drug-likeness (QED) is 0.464. The van der Waals surface area contributed by atoms with Crippen molar-refractivity contribution in [2.45, 2.75) is 44.6 Å². The first kappa shape index (κ1) is 6.66. The van der Waals surface area contributed by atoms with Crippen LogP contribution in [-0.4, -0.2) is 24.0 Å². The van der Waals surface area contributed by atoms with Gasteiger partial charge >= 0.3 is 0 Å². The molecule has 0 radical (unpaired) electrons. The van der Waals surface area contributed by atoms with E-state index < -0.39 is 0 Å². The second-order valence-corrected chi connectivity index (χ2v) is 3.71. The van der Waals surface area contributed by atoms with Crippen LogP contribution < -0.4 is 0 Å². The number of hydrogen-bond acceptors (Lipinski definition) is 1. The molecule has 1 nitrogen and oxygen atoms in total. The normalized spacial score (nSPS) is 40.8. The zero-order chi connectivity index (χ0) is 6.81. The topological polar surface area (TPSA) is 3.01 Å². The van der Waals surface area contributed by atoms with Gasteiger partial charge in [0.25, 0.3) is 0 Å². The molecule has 0 bridgehead atoms. The van der Waals surface area contributed by atoms with E-state index in [1.54, 1.807) is 0 Å². The van der Waals surface area contributed by atoms with Crippen LogP contribution in [0.4, 0.5) is 0 Å². The number of fused-ring (bicyclic) bond motifs is 1. The first-order valence-electron chi connectivity index (χ1n) is 4.71. The predicted octanol–water partition coefficient (Wildman–Crippen LogP) is 2.02. The summed E-state index contributed by atoms with van der Waals surface area (Å²) in [6, 6.07) is 1.01. The highest BCUT2D eigenvalue weighted by atomic mass is 15.3. The number of rotatable bonds is 0. The Labute approximate surface area is 63.4 Å². The summed E-state index contributed by atoms with van der Waals surface area (Å²) in [5.41, 5.74) is 0. The van der Waals surface area contributed by atoms with Crippen molar-refractivity contribution in [3.63, 3.8) is 0 Å². The molecular formula is C9H17N. The molecule has 2 rings (SSSR count).